The van der Waals surface area contributed by atoms with Gasteiger partial charge in [0.05, 0.1) is 12.0 Å². The molecule has 0 unspecified atom stereocenters. The van der Waals surface area contributed by atoms with Crippen molar-refractivity contribution in [1.82, 2.24) is 0 Å². The Labute approximate surface area is 208 Å². The summed E-state index contributed by atoms with van der Waals surface area (Å²) >= 11 is 0. The molecule has 3 aliphatic carbocycles. The molecule has 0 aromatic heterocycles. The maximum Gasteiger partial charge on any atom is 0.360 e. The Balaban J connectivity index is 1.44. The summed E-state index contributed by atoms with van der Waals surface area (Å²) in [5, 5.41) is 0. The van der Waals surface area contributed by atoms with Crippen molar-refractivity contribution in [2.75, 3.05) is 20.3 Å². The van der Waals surface area contributed by atoms with Crippen LogP contribution in [0.3, 0.4) is 0 Å². The van der Waals surface area contributed by atoms with Gasteiger partial charge in [0.15, 0.2) is 0 Å². The Morgan fingerprint density at radius 1 is 1.09 bits per heavy atom. The summed E-state index contributed by atoms with van der Waals surface area (Å²) in [6.07, 6.45) is 8.00. The van der Waals surface area contributed by atoms with Crippen LogP contribution < -0.4 is 10.6 Å². The molecule has 2 saturated carbocycles. The second-order valence-electron chi connectivity index (χ2n) is 12.0. The largest absolute Gasteiger partial charge is 0.490 e. The lowest BCUT2D eigenvalue weighted by molar-refractivity contribution is -0.206. The summed E-state index contributed by atoms with van der Waals surface area (Å²) in [7, 11) is 1.62. The first-order chi connectivity index (χ1) is 16.7. The van der Waals surface area contributed by atoms with Gasteiger partial charge in [0.25, 0.3) is 0 Å². The minimum Gasteiger partial charge on any atom is -0.490 e. The number of carbonyl (C=O) groups is 2. The van der Waals surface area contributed by atoms with Crippen molar-refractivity contribution >= 4 is 11.9 Å². The summed E-state index contributed by atoms with van der Waals surface area (Å²) in [5.74, 6) is 6.54. The van der Waals surface area contributed by atoms with Crippen molar-refractivity contribution in [3.63, 3.8) is 0 Å². The van der Waals surface area contributed by atoms with Gasteiger partial charge in [0, 0.05) is 12.5 Å². The van der Waals surface area contributed by atoms with Crippen LogP contribution in [0.1, 0.15) is 93.1 Å². The lowest BCUT2D eigenvalue weighted by Gasteiger charge is -2.56. The van der Waals surface area contributed by atoms with Gasteiger partial charge < -0.3 is 19.0 Å². The van der Waals surface area contributed by atoms with Crippen LogP contribution in [0.5, 0.6) is 5.75 Å². The van der Waals surface area contributed by atoms with Crippen LogP contribution in [-0.4, -0.2) is 37.9 Å². The van der Waals surface area contributed by atoms with E-state index in [2.05, 4.69) is 11.8 Å². The molecule has 0 bridgehead atoms. The van der Waals surface area contributed by atoms with Crippen LogP contribution in [0.15, 0.2) is 12.1 Å². The molecule has 1 heterocycles. The highest BCUT2D eigenvalue weighted by Gasteiger charge is 2.65. The standard InChI is InChI=1S/C28H39NO6/c1-26(2)11-12-28(34-25(26)31)10-8-22-19-6-5-17-15-23(33-14-13-32-4)21(24(30)35-29)16-20(17)18(19)7-9-27(22,28)3/h15-16,18-19,22H,5-14,29H2,1-4H3/t18-,19+,22-,27-,28+/m0/s1. The lowest BCUT2D eigenvalue weighted by Crippen LogP contribution is -2.56. The normalized spacial score (nSPS) is 35.0. The van der Waals surface area contributed by atoms with Gasteiger partial charge >= 0.3 is 11.9 Å². The SMILES string of the molecule is COCCOc1cc2c(cc1C(=O)ON)[C@H]1CC[C@@]3(C)[C@@H](CC[C@@]34CCC(C)(C)C(=O)O4)[C@@H]1CC2. The number of aryl methyl sites for hydroxylation is 1. The summed E-state index contributed by atoms with van der Waals surface area (Å²) in [4.78, 5) is 30.0. The Kier molecular flexibility index (Phi) is 6.16. The molecule has 3 fully saturated rings. The van der Waals surface area contributed by atoms with Gasteiger partial charge in [-0.05, 0) is 106 Å². The van der Waals surface area contributed by atoms with Gasteiger partial charge in [0.2, 0.25) is 0 Å². The highest BCUT2D eigenvalue weighted by Crippen LogP contribution is 2.67. The maximum atomic E-state index is 12.9. The summed E-state index contributed by atoms with van der Waals surface area (Å²) < 4.78 is 17.3. The summed E-state index contributed by atoms with van der Waals surface area (Å²) in [5.41, 5.74) is 2.13. The molecule has 1 aliphatic heterocycles. The molecular formula is C28H39NO6. The number of carbonyl (C=O) groups excluding carboxylic acids is 2. The Hall–Kier alpha value is -2.12. The highest BCUT2D eigenvalue weighted by molar-refractivity contribution is 5.93. The van der Waals surface area contributed by atoms with Crippen LogP contribution in [0, 0.1) is 22.7 Å². The monoisotopic (exact) mass is 485 g/mol. The predicted molar refractivity (Wildman–Crippen MR) is 130 cm³/mol. The predicted octanol–water partition coefficient (Wildman–Crippen LogP) is 4.70. The molecule has 35 heavy (non-hydrogen) atoms. The molecule has 0 radical (unpaired) electrons. The maximum absolute atomic E-state index is 12.9. The molecule has 0 amide bonds. The Bertz CT molecular complexity index is 1020. The van der Waals surface area contributed by atoms with E-state index in [0.29, 0.717) is 42.3 Å². The first-order valence-electron chi connectivity index (χ1n) is 13.1. The van der Waals surface area contributed by atoms with E-state index < -0.39 is 11.4 Å². The first-order valence-corrected chi connectivity index (χ1v) is 13.1. The van der Waals surface area contributed by atoms with Gasteiger partial charge in [-0.2, -0.15) is 5.90 Å². The molecule has 192 valence electrons. The van der Waals surface area contributed by atoms with Gasteiger partial charge in [0.1, 0.15) is 23.5 Å². The van der Waals surface area contributed by atoms with E-state index in [0.717, 1.165) is 51.4 Å². The molecule has 4 aliphatic rings. The van der Waals surface area contributed by atoms with Crippen molar-refractivity contribution in [2.45, 2.75) is 83.7 Å². The molecule has 2 N–H and O–H groups in total. The van der Waals surface area contributed by atoms with Crippen LogP contribution >= 0.6 is 0 Å². The fourth-order valence-electron chi connectivity index (χ4n) is 7.83. The van der Waals surface area contributed by atoms with Crippen molar-refractivity contribution in [1.29, 1.82) is 0 Å². The minimum atomic E-state index is -0.584. The molecule has 1 saturated heterocycles. The number of hydrogen-bond acceptors (Lipinski definition) is 7. The smallest absolute Gasteiger partial charge is 0.360 e. The van der Waals surface area contributed by atoms with Crippen molar-refractivity contribution in [3.05, 3.63) is 28.8 Å². The molecule has 1 aromatic rings. The van der Waals surface area contributed by atoms with Crippen LogP contribution in [0.25, 0.3) is 0 Å². The molecule has 5 atom stereocenters. The average Bonchev–Trinajstić information content (AvgIpc) is 3.13. The molecular weight excluding hydrogens is 446 g/mol. The number of esters is 1. The second kappa shape index (κ2) is 8.77. The van der Waals surface area contributed by atoms with E-state index in [9.17, 15) is 9.59 Å². The number of benzene rings is 1. The van der Waals surface area contributed by atoms with Crippen LogP contribution in [0.2, 0.25) is 0 Å². The van der Waals surface area contributed by atoms with E-state index in [1.54, 1.807) is 7.11 Å². The molecule has 7 heteroatoms. The quantitative estimate of drug-likeness (QED) is 0.367. The van der Waals surface area contributed by atoms with E-state index in [1.807, 2.05) is 26.0 Å². The van der Waals surface area contributed by atoms with Gasteiger partial charge in [-0.1, -0.05) is 6.92 Å². The highest BCUT2D eigenvalue weighted by atomic mass is 16.7. The van der Waals surface area contributed by atoms with Crippen molar-refractivity contribution in [3.8, 4) is 5.75 Å². The number of nitrogens with two attached hydrogens (primary N) is 1. The number of methoxy groups -OCH3 is 1. The first kappa shape index (κ1) is 24.6. The zero-order valence-corrected chi connectivity index (χ0v) is 21.5. The number of hydrogen-bond donors (Lipinski definition) is 1. The Morgan fingerprint density at radius 3 is 2.60 bits per heavy atom. The third-order valence-electron chi connectivity index (χ3n) is 9.98. The fraction of sp³-hybridized carbons (Fsp3) is 0.714. The van der Waals surface area contributed by atoms with Crippen LogP contribution in [-0.2, 0) is 25.5 Å². The molecule has 7 nitrogen and oxygen atoms in total. The molecule has 1 spiro atoms. The molecule has 5 rings (SSSR count). The lowest BCUT2D eigenvalue weighted by atomic mass is 9.52. The van der Waals surface area contributed by atoms with Crippen molar-refractivity contribution < 1.29 is 28.6 Å². The van der Waals surface area contributed by atoms with Crippen molar-refractivity contribution in [2.24, 2.45) is 28.6 Å². The van der Waals surface area contributed by atoms with E-state index in [-0.39, 0.29) is 17.0 Å². The average molecular weight is 486 g/mol. The zero-order valence-electron chi connectivity index (χ0n) is 21.5. The topological polar surface area (TPSA) is 97.1 Å². The molecule has 1 aromatic carbocycles. The van der Waals surface area contributed by atoms with E-state index in [1.165, 1.54) is 11.1 Å². The summed E-state index contributed by atoms with van der Waals surface area (Å²) in [6, 6.07) is 3.96. The summed E-state index contributed by atoms with van der Waals surface area (Å²) in [6.45, 7) is 7.17. The third-order valence-corrected chi connectivity index (χ3v) is 9.98. The van der Waals surface area contributed by atoms with Crippen LogP contribution in [0.4, 0.5) is 0 Å². The van der Waals surface area contributed by atoms with Gasteiger partial charge in [-0.3, -0.25) is 4.79 Å². The van der Waals surface area contributed by atoms with Gasteiger partial charge in [-0.25, -0.2) is 4.79 Å². The zero-order chi connectivity index (χ0) is 25.0. The number of fused-ring (bicyclic) bond motifs is 6. The fourth-order valence-corrected chi connectivity index (χ4v) is 7.83. The second-order valence-corrected chi connectivity index (χ2v) is 12.0. The number of ether oxygens (including phenoxy) is 3. The van der Waals surface area contributed by atoms with Gasteiger partial charge in [-0.15, -0.1) is 0 Å². The Morgan fingerprint density at radius 2 is 1.89 bits per heavy atom. The minimum absolute atomic E-state index is 0.0000530. The van der Waals surface area contributed by atoms with E-state index >= 15 is 0 Å². The van der Waals surface area contributed by atoms with E-state index in [4.69, 9.17) is 20.1 Å². The third kappa shape index (κ3) is 3.77. The number of rotatable bonds is 5.